The summed E-state index contributed by atoms with van der Waals surface area (Å²) in [6.07, 6.45) is 1.72. The quantitative estimate of drug-likeness (QED) is 0.717. The van der Waals surface area contributed by atoms with Crippen LogP contribution < -0.4 is 5.73 Å². The lowest BCUT2D eigenvalue weighted by atomic mass is 9.97. The molecule has 2 N–H and O–H groups in total. The molecule has 1 saturated heterocycles. The molecule has 1 aromatic heterocycles. The highest BCUT2D eigenvalue weighted by Gasteiger charge is 2.29. The molecule has 4 rings (SSSR count). The highest BCUT2D eigenvalue weighted by molar-refractivity contribution is 5.95. The van der Waals surface area contributed by atoms with Crippen LogP contribution in [0.15, 0.2) is 53.1 Å². The molecule has 0 bridgehead atoms. The largest absolute Gasteiger partial charge is 0.399 e. The van der Waals surface area contributed by atoms with E-state index >= 15 is 0 Å². The van der Waals surface area contributed by atoms with Gasteiger partial charge in [0.05, 0.1) is 5.92 Å². The first kappa shape index (κ1) is 17.2. The van der Waals surface area contributed by atoms with Gasteiger partial charge in [-0.05, 0) is 55.3 Å². The molecule has 0 saturated carbocycles. The first-order valence-corrected chi connectivity index (χ1v) is 8.84. The van der Waals surface area contributed by atoms with Crippen LogP contribution in [-0.2, 0) is 0 Å². The number of nitrogens with two attached hydrogens (primary N) is 1. The van der Waals surface area contributed by atoms with Crippen molar-refractivity contribution in [1.29, 1.82) is 0 Å². The number of anilines is 1. The molecular formula is C20H19FN4O2. The fourth-order valence-corrected chi connectivity index (χ4v) is 3.33. The molecule has 0 aliphatic carbocycles. The maximum Gasteiger partial charge on any atom is 0.253 e. The smallest absolute Gasteiger partial charge is 0.253 e. The van der Waals surface area contributed by atoms with Crippen molar-refractivity contribution in [3.8, 4) is 11.4 Å². The van der Waals surface area contributed by atoms with E-state index in [-0.39, 0.29) is 17.6 Å². The summed E-state index contributed by atoms with van der Waals surface area (Å²) >= 11 is 0. The van der Waals surface area contributed by atoms with Gasteiger partial charge < -0.3 is 15.2 Å². The van der Waals surface area contributed by atoms with E-state index in [1.807, 2.05) is 0 Å². The van der Waals surface area contributed by atoms with E-state index in [0.717, 1.165) is 12.8 Å². The maximum absolute atomic E-state index is 13.1. The highest BCUT2D eigenvalue weighted by Crippen LogP contribution is 2.28. The van der Waals surface area contributed by atoms with Crippen LogP contribution in [0.3, 0.4) is 0 Å². The second-order valence-corrected chi connectivity index (χ2v) is 6.68. The molecule has 1 atom stereocenters. The van der Waals surface area contributed by atoms with Gasteiger partial charge in [0.2, 0.25) is 11.7 Å². The molecule has 3 aromatic rings. The van der Waals surface area contributed by atoms with E-state index < -0.39 is 0 Å². The van der Waals surface area contributed by atoms with Crippen LogP contribution in [0, 0.1) is 5.82 Å². The number of hydrogen-bond donors (Lipinski definition) is 1. The zero-order valence-electron chi connectivity index (χ0n) is 14.6. The molecule has 1 amide bonds. The fourth-order valence-electron chi connectivity index (χ4n) is 3.33. The number of halogens is 1. The Labute approximate surface area is 155 Å². The van der Waals surface area contributed by atoms with Crippen molar-refractivity contribution in [3.05, 3.63) is 65.8 Å². The second-order valence-electron chi connectivity index (χ2n) is 6.68. The molecule has 138 valence electrons. The highest BCUT2D eigenvalue weighted by atomic mass is 19.1. The van der Waals surface area contributed by atoms with Gasteiger partial charge in [-0.15, -0.1) is 0 Å². The van der Waals surface area contributed by atoms with Gasteiger partial charge in [-0.25, -0.2) is 4.39 Å². The predicted octanol–water partition coefficient (Wildman–Crippen LogP) is 3.48. The number of piperidine rings is 1. The third-order valence-corrected chi connectivity index (χ3v) is 4.74. The maximum atomic E-state index is 13.1. The van der Waals surface area contributed by atoms with Gasteiger partial charge in [0.25, 0.3) is 5.91 Å². The molecule has 27 heavy (non-hydrogen) atoms. The number of benzene rings is 2. The first-order chi connectivity index (χ1) is 13.1. The van der Waals surface area contributed by atoms with Crippen molar-refractivity contribution < 1.29 is 13.7 Å². The molecule has 6 nitrogen and oxygen atoms in total. The van der Waals surface area contributed by atoms with Crippen LogP contribution >= 0.6 is 0 Å². The van der Waals surface area contributed by atoms with Gasteiger partial charge in [-0.2, -0.15) is 4.98 Å². The standard InChI is InChI=1S/C20H19FN4O2/c21-16-8-6-13(7-9-16)18-23-19(27-24-18)15-4-2-10-25(12-15)20(26)14-3-1-5-17(22)11-14/h1,3,5-9,11,15H,2,4,10,12,22H2. The minimum absolute atomic E-state index is 0.0227. The van der Waals surface area contributed by atoms with Crippen LogP contribution in [0.5, 0.6) is 0 Å². The number of likely N-dealkylation sites (tertiary alicyclic amines) is 1. The average Bonchev–Trinajstić information content (AvgIpc) is 3.18. The van der Waals surface area contributed by atoms with Crippen molar-refractivity contribution in [3.63, 3.8) is 0 Å². The number of nitrogen functional groups attached to an aromatic ring is 1. The molecule has 0 spiro atoms. The average molecular weight is 366 g/mol. The number of rotatable bonds is 3. The van der Waals surface area contributed by atoms with E-state index in [1.165, 1.54) is 12.1 Å². The Bertz CT molecular complexity index is 955. The number of carbonyl (C=O) groups is 1. The topological polar surface area (TPSA) is 85.3 Å². The molecule has 1 aliphatic heterocycles. The van der Waals surface area contributed by atoms with Gasteiger partial charge in [0.15, 0.2) is 0 Å². The van der Waals surface area contributed by atoms with Crippen LogP contribution in [0.2, 0.25) is 0 Å². The molecule has 2 heterocycles. The Kier molecular flexibility index (Phi) is 4.58. The van der Waals surface area contributed by atoms with Crippen molar-refractivity contribution in [2.45, 2.75) is 18.8 Å². The molecule has 1 fully saturated rings. The molecule has 1 unspecified atom stereocenters. The molecule has 2 aromatic carbocycles. The van der Waals surface area contributed by atoms with E-state index in [2.05, 4.69) is 10.1 Å². The van der Waals surface area contributed by atoms with Crippen molar-refractivity contribution in [2.24, 2.45) is 0 Å². The SMILES string of the molecule is Nc1cccc(C(=O)N2CCCC(c3nc(-c4ccc(F)cc4)no3)C2)c1. The van der Waals surface area contributed by atoms with Crippen LogP contribution in [0.1, 0.15) is 35.0 Å². The lowest BCUT2D eigenvalue weighted by Crippen LogP contribution is -2.39. The summed E-state index contributed by atoms with van der Waals surface area (Å²) in [7, 11) is 0. The summed E-state index contributed by atoms with van der Waals surface area (Å²) < 4.78 is 18.5. The van der Waals surface area contributed by atoms with Gasteiger partial charge >= 0.3 is 0 Å². The van der Waals surface area contributed by atoms with Gasteiger partial charge in [-0.1, -0.05) is 11.2 Å². The lowest BCUT2D eigenvalue weighted by Gasteiger charge is -2.31. The first-order valence-electron chi connectivity index (χ1n) is 8.84. The van der Waals surface area contributed by atoms with E-state index in [0.29, 0.717) is 41.6 Å². The zero-order chi connectivity index (χ0) is 18.8. The minimum atomic E-state index is -0.314. The van der Waals surface area contributed by atoms with Crippen LogP contribution in [-0.4, -0.2) is 34.0 Å². The van der Waals surface area contributed by atoms with Crippen LogP contribution in [0.4, 0.5) is 10.1 Å². The number of carbonyl (C=O) groups excluding carboxylic acids is 1. The predicted molar refractivity (Wildman–Crippen MR) is 98.4 cm³/mol. The number of nitrogens with zero attached hydrogens (tertiary/aromatic N) is 3. The normalized spacial score (nSPS) is 17.1. The summed E-state index contributed by atoms with van der Waals surface area (Å²) in [6.45, 7) is 1.20. The Morgan fingerprint density at radius 3 is 2.81 bits per heavy atom. The third kappa shape index (κ3) is 3.67. The van der Waals surface area contributed by atoms with Crippen molar-refractivity contribution in [2.75, 3.05) is 18.8 Å². The van der Waals surface area contributed by atoms with Crippen molar-refractivity contribution >= 4 is 11.6 Å². The second kappa shape index (κ2) is 7.19. The monoisotopic (exact) mass is 366 g/mol. The van der Waals surface area contributed by atoms with E-state index in [4.69, 9.17) is 10.3 Å². The van der Waals surface area contributed by atoms with Crippen molar-refractivity contribution in [1.82, 2.24) is 15.0 Å². The lowest BCUT2D eigenvalue weighted by molar-refractivity contribution is 0.0695. The van der Waals surface area contributed by atoms with Crippen LogP contribution in [0.25, 0.3) is 11.4 Å². The molecule has 0 radical (unpaired) electrons. The number of amides is 1. The molecule has 7 heteroatoms. The number of hydrogen-bond acceptors (Lipinski definition) is 5. The summed E-state index contributed by atoms with van der Waals surface area (Å²) in [5, 5.41) is 4.00. The Morgan fingerprint density at radius 1 is 1.22 bits per heavy atom. The Morgan fingerprint density at radius 2 is 2.04 bits per heavy atom. The summed E-state index contributed by atoms with van der Waals surface area (Å²) in [6, 6.07) is 12.9. The van der Waals surface area contributed by atoms with E-state index in [1.54, 1.807) is 41.3 Å². The Hall–Kier alpha value is -3.22. The van der Waals surface area contributed by atoms with Gasteiger partial charge in [0, 0.05) is 29.9 Å². The summed E-state index contributed by atoms with van der Waals surface area (Å²) in [4.78, 5) is 19.0. The summed E-state index contributed by atoms with van der Waals surface area (Å²) in [5.41, 5.74) is 7.62. The fraction of sp³-hybridized carbons (Fsp3) is 0.250. The van der Waals surface area contributed by atoms with Gasteiger partial charge in [0.1, 0.15) is 5.82 Å². The Balaban J connectivity index is 1.50. The minimum Gasteiger partial charge on any atom is -0.399 e. The molecular weight excluding hydrogens is 347 g/mol. The zero-order valence-corrected chi connectivity index (χ0v) is 14.6. The third-order valence-electron chi connectivity index (χ3n) is 4.74. The summed E-state index contributed by atoms with van der Waals surface area (Å²) in [5.74, 6) is 0.532. The number of aromatic nitrogens is 2. The molecule has 1 aliphatic rings. The van der Waals surface area contributed by atoms with E-state index in [9.17, 15) is 9.18 Å². The van der Waals surface area contributed by atoms with Gasteiger partial charge in [-0.3, -0.25) is 4.79 Å².